The van der Waals surface area contributed by atoms with Crippen molar-refractivity contribution in [2.75, 3.05) is 6.61 Å². The molecule has 3 aromatic rings. The lowest BCUT2D eigenvalue weighted by molar-refractivity contribution is -0.145. The minimum absolute atomic E-state index is 0.0166. The molecule has 6 heteroatoms. The number of fused-ring (bicyclic) bond motifs is 1. The van der Waals surface area contributed by atoms with E-state index >= 15 is 0 Å². The van der Waals surface area contributed by atoms with Crippen molar-refractivity contribution >= 4 is 11.6 Å². The zero-order chi connectivity index (χ0) is 19.2. The molecule has 0 saturated carbocycles. The molecule has 0 unspecified atom stereocenters. The Morgan fingerprint density at radius 2 is 1.93 bits per heavy atom. The van der Waals surface area contributed by atoms with Crippen LogP contribution in [0.25, 0.3) is 5.65 Å². The Morgan fingerprint density at radius 1 is 1.11 bits per heavy atom. The smallest absolute Gasteiger partial charge is 0.306 e. The average Bonchev–Trinajstić information content (AvgIpc) is 2.63. The molecule has 0 fully saturated rings. The highest BCUT2D eigenvalue weighted by Crippen LogP contribution is 2.13. The summed E-state index contributed by atoms with van der Waals surface area (Å²) in [5.41, 5.74) is 2.92. The van der Waals surface area contributed by atoms with E-state index in [0.717, 1.165) is 16.9 Å². The molecule has 0 radical (unpaired) electrons. The molecule has 0 amide bonds. The van der Waals surface area contributed by atoms with Gasteiger partial charge in [0.1, 0.15) is 18.0 Å². The normalized spacial score (nSPS) is 10.7. The molecule has 0 N–H and O–H groups in total. The van der Waals surface area contributed by atoms with Crippen molar-refractivity contribution in [3.63, 3.8) is 0 Å². The van der Waals surface area contributed by atoms with Gasteiger partial charge in [0.15, 0.2) is 0 Å². The van der Waals surface area contributed by atoms with Crippen LogP contribution in [0.15, 0.2) is 53.5 Å². The molecule has 27 heavy (non-hydrogen) atoms. The first-order valence-corrected chi connectivity index (χ1v) is 8.85. The molecule has 1 aromatic carbocycles. The molecule has 6 nitrogen and oxygen atoms in total. The van der Waals surface area contributed by atoms with Crippen LogP contribution in [-0.2, 0) is 16.1 Å². The fraction of sp³-hybridized carbons (Fsp3) is 0.286. The molecule has 0 atom stereocenters. The Hall–Kier alpha value is -3.15. The van der Waals surface area contributed by atoms with Crippen LogP contribution < -0.4 is 10.3 Å². The number of pyridine rings is 1. The lowest BCUT2D eigenvalue weighted by Gasteiger charge is -2.08. The van der Waals surface area contributed by atoms with Gasteiger partial charge >= 0.3 is 5.97 Å². The van der Waals surface area contributed by atoms with Gasteiger partial charge < -0.3 is 9.47 Å². The van der Waals surface area contributed by atoms with Crippen LogP contribution in [0.3, 0.4) is 0 Å². The topological polar surface area (TPSA) is 69.9 Å². The maximum Gasteiger partial charge on any atom is 0.306 e. The van der Waals surface area contributed by atoms with E-state index in [9.17, 15) is 9.59 Å². The van der Waals surface area contributed by atoms with Crippen molar-refractivity contribution in [2.45, 2.75) is 33.3 Å². The van der Waals surface area contributed by atoms with Gasteiger partial charge in [-0.3, -0.25) is 14.0 Å². The maximum absolute atomic E-state index is 12.1. The van der Waals surface area contributed by atoms with Crippen LogP contribution in [0.5, 0.6) is 5.75 Å². The van der Waals surface area contributed by atoms with Crippen LogP contribution in [0.2, 0.25) is 0 Å². The third-order valence-electron chi connectivity index (χ3n) is 4.04. The summed E-state index contributed by atoms with van der Waals surface area (Å²) in [6, 6.07) is 12.8. The number of benzene rings is 1. The largest absolute Gasteiger partial charge is 0.494 e. The van der Waals surface area contributed by atoms with E-state index in [4.69, 9.17) is 9.47 Å². The molecule has 0 saturated heterocycles. The van der Waals surface area contributed by atoms with Crippen molar-refractivity contribution < 1.29 is 14.3 Å². The first-order chi connectivity index (χ1) is 13.0. The number of nitrogens with zero attached hydrogens (tertiary/aromatic N) is 2. The summed E-state index contributed by atoms with van der Waals surface area (Å²) in [5.74, 6) is 0.452. The standard InChI is InChI=1S/C21H22N2O4/c1-15-5-3-6-18(11-15)26-10-4-7-21(25)27-14-17-13-20(24)23-9-8-16(2)12-19(23)22-17/h3,5-6,8-9,11-13H,4,7,10,14H2,1-2H3. The number of aryl methyl sites for hydroxylation is 2. The van der Waals surface area contributed by atoms with Gasteiger partial charge in [0.2, 0.25) is 0 Å². The zero-order valence-electron chi connectivity index (χ0n) is 15.5. The Kier molecular flexibility index (Phi) is 5.86. The van der Waals surface area contributed by atoms with E-state index in [2.05, 4.69) is 4.98 Å². The summed E-state index contributed by atoms with van der Waals surface area (Å²) in [6.45, 7) is 4.35. The molecule has 2 aromatic heterocycles. The van der Waals surface area contributed by atoms with Gasteiger partial charge in [-0.25, -0.2) is 4.98 Å². The molecule has 0 aliphatic carbocycles. The molecule has 2 heterocycles. The minimum Gasteiger partial charge on any atom is -0.494 e. The summed E-state index contributed by atoms with van der Waals surface area (Å²) >= 11 is 0. The third kappa shape index (κ3) is 5.17. The van der Waals surface area contributed by atoms with E-state index in [-0.39, 0.29) is 24.6 Å². The number of aromatic nitrogens is 2. The van der Waals surface area contributed by atoms with Crippen LogP contribution in [0.4, 0.5) is 0 Å². The van der Waals surface area contributed by atoms with E-state index in [1.54, 1.807) is 6.20 Å². The molecule has 0 aliphatic rings. The summed E-state index contributed by atoms with van der Waals surface area (Å²) in [5, 5.41) is 0. The van der Waals surface area contributed by atoms with Crippen LogP contribution in [0.1, 0.15) is 29.7 Å². The Morgan fingerprint density at radius 3 is 2.74 bits per heavy atom. The molecular weight excluding hydrogens is 344 g/mol. The lowest BCUT2D eigenvalue weighted by Crippen LogP contribution is -2.16. The van der Waals surface area contributed by atoms with E-state index < -0.39 is 0 Å². The average molecular weight is 366 g/mol. The summed E-state index contributed by atoms with van der Waals surface area (Å²) < 4.78 is 12.3. The van der Waals surface area contributed by atoms with Crippen molar-refractivity contribution in [2.24, 2.45) is 0 Å². The number of carbonyl (C=O) groups excluding carboxylic acids is 1. The Balaban J connectivity index is 1.47. The number of esters is 1. The number of hydrogen-bond donors (Lipinski definition) is 0. The van der Waals surface area contributed by atoms with E-state index in [1.165, 1.54) is 10.5 Å². The van der Waals surface area contributed by atoms with Crippen molar-refractivity contribution in [3.05, 3.63) is 75.8 Å². The maximum atomic E-state index is 12.1. The molecule has 3 rings (SSSR count). The molecule has 0 aliphatic heterocycles. The quantitative estimate of drug-likeness (QED) is 0.474. The fourth-order valence-electron chi connectivity index (χ4n) is 2.67. The van der Waals surface area contributed by atoms with Crippen molar-refractivity contribution in [1.82, 2.24) is 9.38 Å². The summed E-state index contributed by atoms with van der Waals surface area (Å²) in [6.07, 6.45) is 2.49. The van der Waals surface area contributed by atoms with Gasteiger partial charge in [0.05, 0.1) is 12.3 Å². The third-order valence-corrected chi connectivity index (χ3v) is 4.04. The SMILES string of the molecule is Cc1cccc(OCCCC(=O)OCc2cc(=O)n3ccc(C)cc3n2)c1. The molecule has 0 bridgehead atoms. The minimum atomic E-state index is -0.339. The summed E-state index contributed by atoms with van der Waals surface area (Å²) in [4.78, 5) is 28.4. The Labute approximate surface area is 157 Å². The number of hydrogen-bond acceptors (Lipinski definition) is 5. The second-order valence-electron chi connectivity index (χ2n) is 6.45. The van der Waals surface area contributed by atoms with Gasteiger partial charge in [-0.15, -0.1) is 0 Å². The molecular formula is C21H22N2O4. The molecule has 0 spiro atoms. The lowest BCUT2D eigenvalue weighted by atomic mass is 10.2. The number of carbonyl (C=O) groups is 1. The molecule has 140 valence electrons. The Bertz CT molecular complexity index is 1010. The van der Waals surface area contributed by atoms with Gasteiger partial charge in [0, 0.05) is 18.7 Å². The number of rotatable bonds is 7. The highest BCUT2D eigenvalue weighted by molar-refractivity contribution is 5.69. The highest BCUT2D eigenvalue weighted by Gasteiger charge is 2.07. The number of ether oxygens (including phenoxy) is 2. The zero-order valence-corrected chi connectivity index (χ0v) is 15.5. The second-order valence-corrected chi connectivity index (χ2v) is 6.45. The van der Waals surface area contributed by atoms with Gasteiger partial charge in [-0.2, -0.15) is 0 Å². The van der Waals surface area contributed by atoms with Crippen LogP contribution >= 0.6 is 0 Å². The fourth-order valence-corrected chi connectivity index (χ4v) is 2.67. The van der Waals surface area contributed by atoms with E-state index in [1.807, 2.05) is 50.2 Å². The van der Waals surface area contributed by atoms with Crippen LogP contribution in [0, 0.1) is 13.8 Å². The van der Waals surface area contributed by atoms with Gasteiger partial charge in [-0.1, -0.05) is 12.1 Å². The van der Waals surface area contributed by atoms with E-state index in [0.29, 0.717) is 24.4 Å². The van der Waals surface area contributed by atoms with Crippen LogP contribution in [-0.4, -0.2) is 22.0 Å². The highest BCUT2D eigenvalue weighted by atomic mass is 16.5. The second kappa shape index (κ2) is 8.49. The van der Waals surface area contributed by atoms with Crippen molar-refractivity contribution in [1.29, 1.82) is 0 Å². The first-order valence-electron chi connectivity index (χ1n) is 8.85. The predicted molar refractivity (Wildman–Crippen MR) is 102 cm³/mol. The predicted octanol–water partition coefficient (Wildman–Crippen LogP) is 3.21. The van der Waals surface area contributed by atoms with Gasteiger partial charge in [-0.05, 0) is 55.7 Å². The monoisotopic (exact) mass is 366 g/mol. The first kappa shape index (κ1) is 18.6. The van der Waals surface area contributed by atoms with Crippen molar-refractivity contribution in [3.8, 4) is 5.75 Å². The summed E-state index contributed by atoms with van der Waals surface area (Å²) in [7, 11) is 0. The van der Waals surface area contributed by atoms with Gasteiger partial charge in [0.25, 0.3) is 5.56 Å².